The molecule has 5 rings (SSSR count). The second-order valence-corrected chi connectivity index (χ2v) is 10.8. The monoisotopic (exact) mass is 376 g/mol. The zero-order valence-corrected chi connectivity index (χ0v) is 18.1. The molecule has 0 unspecified atom stereocenters. The molecule has 1 N–H and O–H groups in total. The first-order chi connectivity index (χ1) is 13.3. The quantitative estimate of drug-likeness (QED) is 0.546. The van der Waals surface area contributed by atoms with Gasteiger partial charge >= 0.3 is 0 Å². The first kappa shape index (κ1) is 18.7. The summed E-state index contributed by atoms with van der Waals surface area (Å²) in [6.45, 7) is 9.55. The Balaban J connectivity index is 1.48. The van der Waals surface area contributed by atoms with Gasteiger partial charge in [0, 0.05) is 0 Å². The van der Waals surface area contributed by atoms with E-state index < -0.39 is 0 Å². The van der Waals surface area contributed by atoms with Crippen molar-refractivity contribution in [1.29, 1.82) is 0 Å². The fourth-order valence-corrected chi connectivity index (χ4v) is 7.79. The number of rotatable bonds is 1. The maximum atomic E-state index is 10.2. The van der Waals surface area contributed by atoms with Crippen LogP contribution in [0.2, 0.25) is 0 Å². The predicted octanol–water partition coefficient (Wildman–Crippen LogP) is 6.62. The van der Waals surface area contributed by atoms with Crippen LogP contribution < -0.4 is 0 Å². The second-order valence-electron chi connectivity index (χ2n) is 10.8. The Morgan fingerprint density at radius 2 is 1.57 bits per heavy atom. The highest BCUT2D eigenvalue weighted by molar-refractivity contribution is 5.73. The Bertz CT molecular complexity index is 841. The maximum absolute atomic E-state index is 10.2. The third-order valence-electron chi connectivity index (χ3n) is 9.19. The van der Waals surface area contributed by atoms with Crippen LogP contribution in [0.4, 0.5) is 0 Å². The molecule has 6 atom stereocenters. The molecule has 1 aromatic carbocycles. The summed E-state index contributed by atoms with van der Waals surface area (Å²) in [4.78, 5) is 0. The Labute approximate surface area is 170 Å². The van der Waals surface area contributed by atoms with E-state index in [1.165, 1.54) is 48.8 Å². The molecule has 0 spiro atoms. The minimum Gasteiger partial charge on any atom is -0.393 e. The first-order valence-corrected chi connectivity index (χ1v) is 11.5. The van der Waals surface area contributed by atoms with Gasteiger partial charge in [-0.3, -0.25) is 0 Å². The molecule has 150 valence electrons. The van der Waals surface area contributed by atoms with Gasteiger partial charge in [0.2, 0.25) is 0 Å². The smallest absolute Gasteiger partial charge is 0.0577 e. The van der Waals surface area contributed by atoms with Crippen molar-refractivity contribution >= 4 is 5.57 Å². The number of aryl methyl sites for hydroxylation is 2. The number of aliphatic hydroxyl groups excluding tert-OH is 1. The number of benzene rings is 1. The molecule has 4 aliphatic rings. The van der Waals surface area contributed by atoms with Gasteiger partial charge < -0.3 is 5.11 Å². The van der Waals surface area contributed by atoms with Crippen LogP contribution in [-0.4, -0.2) is 11.2 Å². The van der Waals surface area contributed by atoms with Crippen molar-refractivity contribution in [1.82, 2.24) is 0 Å². The number of allylic oxidation sites excluding steroid dienone is 3. The van der Waals surface area contributed by atoms with Gasteiger partial charge in [0.05, 0.1) is 6.10 Å². The van der Waals surface area contributed by atoms with E-state index >= 15 is 0 Å². The molecule has 0 saturated heterocycles. The summed E-state index contributed by atoms with van der Waals surface area (Å²) in [5, 5.41) is 10.2. The molecular formula is C27H36O. The molecule has 2 saturated carbocycles. The number of fused-ring (bicyclic) bond motifs is 5. The minimum atomic E-state index is -0.103. The minimum absolute atomic E-state index is 0.103. The summed E-state index contributed by atoms with van der Waals surface area (Å²) in [6, 6.07) is 7.10. The van der Waals surface area contributed by atoms with Gasteiger partial charge in [0.1, 0.15) is 0 Å². The van der Waals surface area contributed by atoms with Crippen molar-refractivity contribution in [2.24, 2.45) is 28.6 Å². The van der Waals surface area contributed by atoms with E-state index in [0.717, 1.165) is 30.6 Å². The average Bonchev–Trinajstić information content (AvgIpc) is 2.99. The molecular weight excluding hydrogens is 340 g/mol. The molecule has 0 aromatic heterocycles. The Hall–Kier alpha value is -1.34. The summed E-state index contributed by atoms with van der Waals surface area (Å²) in [7, 11) is 0. The highest BCUT2D eigenvalue weighted by atomic mass is 16.3. The zero-order chi connectivity index (χ0) is 19.7. The first-order valence-electron chi connectivity index (χ1n) is 11.5. The van der Waals surface area contributed by atoms with E-state index in [2.05, 4.69) is 58.0 Å². The molecule has 1 heteroatoms. The fraction of sp³-hybridized carbons (Fsp3) is 0.630. The van der Waals surface area contributed by atoms with E-state index in [-0.39, 0.29) is 6.10 Å². The molecule has 0 radical (unpaired) electrons. The highest BCUT2D eigenvalue weighted by Crippen LogP contribution is 2.66. The van der Waals surface area contributed by atoms with Gasteiger partial charge in [-0.15, -0.1) is 0 Å². The zero-order valence-electron chi connectivity index (χ0n) is 18.1. The number of hydrogen-bond donors (Lipinski definition) is 1. The SMILES string of the molecule is Cc1cc(C)cc(C2=CC[C@H]3[C@@H]4CC=C5C[C@@H](O)CC[C@]5(C)[C@H]4CC[C@]23C)c1. The summed E-state index contributed by atoms with van der Waals surface area (Å²) in [6.07, 6.45) is 13.3. The summed E-state index contributed by atoms with van der Waals surface area (Å²) in [5.41, 5.74) is 8.12. The molecule has 0 amide bonds. The van der Waals surface area contributed by atoms with E-state index in [4.69, 9.17) is 0 Å². The highest BCUT2D eigenvalue weighted by Gasteiger charge is 2.56. The lowest BCUT2D eigenvalue weighted by Crippen LogP contribution is -2.49. The van der Waals surface area contributed by atoms with E-state index in [9.17, 15) is 5.11 Å². The van der Waals surface area contributed by atoms with Crippen LogP contribution >= 0.6 is 0 Å². The molecule has 2 fully saturated rings. The van der Waals surface area contributed by atoms with Crippen molar-refractivity contribution in [2.75, 3.05) is 0 Å². The third kappa shape index (κ3) is 2.61. The van der Waals surface area contributed by atoms with Gasteiger partial charge in [-0.2, -0.15) is 0 Å². The Morgan fingerprint density at radius 3 is 2.32 bits per heavy atom. The van der Waals surface area contributed by atoms with Crippen molar-refractivity contribution < 1.29 is 5.11 Å². The van der Waals surface area contributed by atoms with Crippen molar-refractivity contribution in [3.63, 3.8) is 0 Å². The fourth-order valence-electron chi connectivity index (χ4n) is 7.79. The van der Waals surface area contributed by atoms with Crippen LogP contribution in [0.25, 0.3) is 5.57 Å². The Kier molecular flexibility index (Phi) is 4.22. The van der Waals surface area contributed by atoms with Crippen LogP contribution in [0, 0.1) is 42.4 Å². The maximum Gasteiger partial charge on any atom is 0.0577 e. The van der Waals surface area contributed by atoms with Crippen LogP contribution in [0.1, 0.15) is 75.5 Å². The van der Waals surface area contributed by atoms with Gasteiger partial charge in [0.15, 0.2) is 0 Å². The van der Waals surface area contributed by atoms with E-state index in [1.807, 2.05) is 0 Å². The van der Waals surface area contributed by atoms with E-state index in [0.29, 0.717) is 10.8 Å². The van der Waals surface area contributed by atoms with Crippen LogP contribution in [0.3, 0.4) is 0 Å². The van der Waals surface area contributed by atoms with Gasteiger partial charge in [-0.1, -0.05) is 60.9 Å². The lowest BCUT2D eigenvalue weighted by atomic mass is 9.47. The molecule has 28 heavy (non-hydrogen) atoms. The normalized spacial score (nSPS) is 42.2. The molecule has 1 aromatic rings. The van der Waals surface area contributed by atoms with Crippen LogP contribution in [-0.2, 0) is 0 Å². The van der Waals surface area contributed by atoms with Crippen molar-refractivity contribution in [2.45, 2.75) is 78.7 Å². The number of aliphatic hydroxyl groups is 1. The van der Waals surface area contributed by atoms with Gasteiger partial charge in [-0.25, -0.2) is 0 Å². The summed E-state index contributed by atoms with van der Waals surface area (Å²) in [5.74, 6) is 2.40. The third-order valence-corrected chi connectivity index (χ3v) is 9.19. The van der Waals surface area contributed by atoms with Crippen molar-refractivity contribution in [3.05, 3.63) is 52.6 Å². The molecule has 4 aliphatic carbocycles. The Morgan fingerprint density at radius 1 is 0.857 bits per heavy atom. The second kappa shape index (κ2) is 6.33. The summed E-state index contributed by atoms with van der Waals surface area (Å²) >= 11 is 0. The lowest BCUT2D eigenvalue weighted by Gasteiger charge is -2.57. The van der Waals surface area contributed by atoms with E-state index in [1.54, 1.807) is 11.1 Å². The largest absolute Gasteiger partial charge is 0.393 e. The van der Waals surface area contributed by atoms with Crippen LogP contribution in [0.5, 0.6) is 0 Å². The predicted molar refractivity (Wildman–Crippen MR) is 117 cm³/mol. The molecule has 0 bridgehead atoms. The average molecular weight is 377 g/mol. The van der Waals surface area contributed by atoms with Gasteiger partial charge in [0.25, 0.3) is 0 Å². The van der Waals surface area contributed by atoms with Crippen LogP contribution in [0.15, 0.2) is 35.9 Å². The molecule has 1 nitrogen and oxygen atoms in total. The molecule has 0 heterocycles. The van der Waals surface area contributed by atoms with Crippen molar-refractivity contribution in [3.8, 4) is 0 Å². The topological polar surface area (TPSA) is 20.2 Å². The summed E-state index contributed by atoms with van der Waals surface area (Å²) < 4.78 is 0. The van der Waals surface area contributed by atoms with Gasteiger partial charge in [-0.05, 0) is 98.5 Å². The standard InChI is InChI=1S/C27H36O/c1-17-13-18(2)15-19(14-17)23-7-8-24-22-6-5-20-16-21(28)9-11-26(20,3)25(22)10-12-27(23,24)4/h5,7,13-15,21-22,24-25,28H,6,8-12,16H2,1-4H3/t21-,22-,24-,25-,26-,27+/m0/s1. The number of hydrogen-bond acceptors (Lipinski definition) is 1. The lowest BCUT2D eigenvalue weighted by molar-refractivity contribution is -0.0238. The molecule has 0 aliphatic heterocycles.